The highest BCUT2D eigenvalue weighted by atomic mass is 19.3. The Bertz CT molecular complexity index is 895. The number of alkyl halides is 2. The molecule has 0 saturated carbocycles. The van der Waals surface area contributed by atoms with Crippen molar-refractivity contribution in [1.82, 2.24) is 34.7 Å². The molecule has 3 aromatic rings. The lowest BCUT2D eigenvalue weighted by Crippen LogP contribution is -2.23. The molecule has 2 aromatic heterocycles. The third kappa shape index (κ3) is 2.95. The lowest BCUT2D eigenvalue weighted by atomic mass is 10.1. The number of hydrogen-bond acceptors (Lipinski definition) is 7. The average molecular weight is 335 g/mol. The second kappa shape index (κ2) is 6.48. The van der Waals surface area contributed by atoms with E-state index in [-0.39, 0.29) is 29.4 Å². The average Bonchev–Trinajstić information content (AvgIpc) is 2.92. The normalized spacial score (nSPS) is 11.0. The third-order valence-corrected chi connectivity index (χ3v) is 3.19. The molecule has 0 amide bonds. The van der Waals surface area contributed by atoms with Gasteiger partial charge in [-0.05, 0) is 16.5 Å². The zero-order valence-corrected chi connectivity index (χ0v) is 12.4. The molecule has 0 atom stereocenters. The van der Waals surface area contributed by atoms with Gasteiger partial charge in [0.15, 0.2) is 0 Å². The molecule has 0 unspecified atom stereocenters. The summed E-state index contributed by atoms with van der Waals surface area (Å²) < 4.78 is 33.9. The lowest BCUT2D eigenvalue weighted by molar-refractivity contribution is 0.147. The summed E-state index contributed by atoms with van der Waals surface area (Å²) in [6.07, 6.45) is -0.320. The van der Waals surface area contributed by atoms with Gasteiger partial charge in [-0.2, -0.15) is 19.3 Å². The molecule has 0 N–H and O–H groups in total. The number of hydrogen-bond donors (Lipinski definition) is 0. The Morgan fingerprint density at radius 3 is 2.58 bits per heavy atom. The van der Waals surface area contributed by atoms with Crippen LogP contribution in [-0.4, -0.2) is 34.7 Å². The predicted molar refractivity (Wildman–Crippen MR) is 75.7 cm³/mol. The Hall–Kier alpha value is -3.24. The molecule has 0 spiro atoms. The fourth-order valence-electron chi connectivity index (χ4n) is 2.06. The highest BCUT2D eigenvalue weighted by Crippen LogP contribution is 2.27. The van der Waals surface area contributed by atoms with E-state index in [1.54, 1.807) is 0 Å². The summed E-state index contributed by atoms with van der Waals surface area (Å²) in [6, 6.07) is 4.12. The van der Waals surface area contributed by atoms with Crippen molar-refractivity contribution < 1.29 is 13.5 Å². The van der Waals surface area contributed by atoms with Crippen LogP contribution in [0.1, 0.15) is 17.6 Å². The minimum atomic E-state index is -2.76. The second-order valence-electron chi connectivity index (χ2n) is 4.65. The van der Waals surface area contributed by atoms with Crippen LogP contribution in [0, 0.1) is 0 Å². The summed E-state index contributed by atoms with van der Waals surface area (Å²) in [6.45, 7) is -0.275. The monoisotopic (exact) mass is 335 g/mol. The molecule has 3 rings (SSSR count). The number of tetrazole rings is 1. The Kier molecular flexibility index (Phi) is 4.22. The number of aryl methyl sites for hydroxylation is 1. The molecule has 1 aromatic carbocycles. The molecule has 9 nitrogen and oxygen atoms in total. The standard InChI is InChI=1S/C13H11F2N7O2/c1-21-13(23)22(20-19-21)10-4-2-3-8(11(14)15)9(10)5-24-12-17-6-16-7-18-12/h2-4,6-7,11H,5H2,1H3. The summed E-state index contributed by atoms with van der Waals surface area (Å²) in [7, 11) is 1.41. The van der Waals surface area contributed by atoms with Gasteiger partial charge in [-0.15, -0.1) is 0 Å². The van der Waals surface area contributed by atoms with Gasteiger partial charge >= 0.3 is 11.7 Å². The number of nitrogens with zero attached hydrogens (tertiary/aromatic N) is 7. The first-order valence-electron chi connectivity index (χ1n) is 6.72. The topological polar surface area (TPSA) is 101 Å². The van der Waals surface area contributed by atoms with Crippen LogP contribution in [0.3, 0.4) is 0 Å². The number of ether oxygens (including phenoxy) is 1. The van der Waals surface area contributed by atoms with Gasteiger partial charge in [-0.25, -0.2) is 18.6 Å². The van der Waals surface area contributed by atoms with Crippen molar-refractivity contribution in [3.05, 3.63) is 52.5 Å². The zero-order chi connectivity index (χ0) is 17.1. The molecule has 24 heavy (non-hydrogen) atoms. The minimum absolute atomic E-state index is 0.0217. The molecule has 11 heteroatoms. The Morgan fingerprint density at radius 1 is 1.21 bits per heavy atom. The maximum Gasteiger partial charge on any atom is 0.368 e. The smallest absolute Gasteiger partial charge is 0.368 e. The van der Waals surface area contributed by atoms with Crippen LogP contribution in [0.2, 0.25) is 0 Å². The summed E-state index contributed by atoms with van der Waals surface area (Å²) in [5.74, 6) is 0. The van der Waals surface area contributed by atoms with Crippen molar-refractivity contribution in [3.63, 3.8) is 0 Å². The molecule has 0 aliphatic heterocycles. The van der Waals surface area contributed by atoms with E-state index in [4.69, 9.17) is 4.74 Å². The maximum atomic E-state index is 13.3. The van der Waals surface area contributed by atoms with Gasteiger partial charge in [0.05, 0.1) is 5.69 Å². The molecular formula is C13H11F2N7O2. The van der Waals surface area contributed by atoms with Gasteiger partial charge < -0.3 is 4.74 Å². The van der Waals surface area contributed by atoms with Gasteiger partial charge in [0.25, 0.3) is 6.43 Å². The van der Waals surface area contributed by atoms with Crippen LogP contribution >= 0.6 is 0 Å². The van der Waals surface area contributed by atoms with E-state index in [0.29, 0.717) is 0 Å². The van der Waals surface area contributed by atoms with E-state index in [2.05, 4.69) is 25.4 Å². The minimum Gasteiger partial charge on any atom is -0.458 e. The van der Waals surface area contributed by atoms with Crippen LogP contribution in [-0.2, 0) is 13.7 Å². The lowest BCUT2D eigenvalue weighted by Gasteiger charge is -2.13. The molecule has 0 bridgehead atoms. The predicted octanol–water partition coefficient (Wildman–Crippen LogP) is 0.668. The van der Waals surface area contributed by atoms with Crippen molar-refractivity contribution >= 4 is 0 Å². The van der Waals surface area contributed by atoms with Crippen molar-refractivity contribution in [1.29, 1.82) is 0 Å². The van der Waals surface area contributed by atoms with E-state index in [0.717, 1.165) is 9.36 Å². The van der Waals surface area contributed by atoms with Crippen LogP contribution in [0.5, 0.6) is 6.01 Å². The van der Waals surface area contributed by atoms with Crippen LogP contribution < -0.4 is 10.4 Å². The third-order valence-electron chi connectivity index (χ3n) is 3.19. The summed E-state index contributed by atoms with van der Waals surface area (Å²) in [5.41, 5.74) is -0.600. The summed E-state index contributed by atoms with van der Waals surface area (Å²) >= 11 is 0. The molecule has 0 aliphatic carbocycles. The molecule has 0 saturated heterocycles. The highest BCUT2D eigenvalue weighted by molar-refractivity contribution is 5.45. The van der Waals surface area contributed by atoms with Crippen molar-refractivity contribution in [3.8, 4) is 11.7 Å². The number of halogens is 2. The second-order valence-corrected chi connectivity index (χ2v) is 4.65. The van der Waals surface area contributed by atoms with Crippen molar-refractivity contribution in [2.75, 3.05) is 0 Å². The van der Waals surface area contributed by atoms with Crippen molar-refractivity contribution in [2.45, 2.75) is 13.0 Å². The fraction of sp³-hybridized carbons (Fsp3) is 0.231. The van der Waals surface area contributed by atoms with Crippen molar-refractivity contribution in [2.24, 2.45) is 7.05 Å². The van der Waals surface area contributed by atoms with Gasteiger partial charge in [-0.3, -0.25) is 0 Å². The van der Waals surface area contributed by atoms with Crippen LogP contribution in [0.4, 0.5) is 8.78 Å². The van der Waals surface area contributed by atoms with Gasteiger partial charge in [-0.1, -0.05) is 12.1 Å². The van der Waals surface area contributed by atoms with E-state index < -0.39 is 12.1 Å². The summed E-state index contributed by atoms with van der Waals surface area (Å²) in [4.78, 5) is 23.2. The first kappa shape index (κ1) is 15.6. The first-order valence-corrected chi connectivity index (χ1v) is 6.72. The molecule has 124 valence electrons. The number of rotatable bonds is 5. The molecule has 0 fully saturated rings. The number of aromatic nitrogens is 7. The molecule has 0 radical (unpaired) electrons. The van der Waals surface area contributed by atoms with E-state index in [9.17, 15) is 13.6 Å². The zero-order valence-electron chi connectivity index (χ0n) is 12.4. The van der Waals surface area contributed by atoms with Gasteiger partial charge in [0.1, 0.15) is 19.3 Å². The van der Waals surface area contributed by atoms with E-state index >= 15 is 0 Å². The van der Waals surface area contributed by atoms with Gasteiger partial charge in [0, 0.05) is 18.2 Å². The number of benzene rings is 1. The quantitative estimate of drug-likeness (QED) is 0.675. The van der Waals surface area contributed by atoms with E-state index in [1.165, 1.54) is 37.9 Å². The highest BCUT2D eigenvalue weighted by Gasteiger charge is 2.20. The molecular weight excluding hydrogens is 324 g/mol. The Balaban J connectivity index is 2.04. The van der Waals surface area contributed by atoms with E-state index in [1.807, 2.05) is 0 Å². The SMILES string of the molecule is Cn1nnn(-c2cccc(C(F)F)c2COc2ncncn2)c1=O. The fourth-order valence-corrected chi connectivity index (χ4v) is 2.06. The summed E-state index contributed by atoms with van der Waals surface area (Å²) in [5, 5.41) is 7.26. The Morgan fingerprint density at radius 2 is 1.96 bits per heavy atom. The first-order chi connectivity index (χ1) is 11.6. The Labute approximate surface area is 133 Å². The van der Waals surface area contributed by atoms with Gasteiger partial charge in [0.2, 0.25) is 0 Å². The molecule has 2 heterocycles. The largest absolute Gasteiger partial charge is 0.458 e. The van der Waals surface area contributed by atoms with Crippen LogP contribution in [0.25, 0.3) is 5.69 Å². The maximum absolute atomic E-state index is 13.3. The van der Waals surface area contributed by atoms with Crippen LogP contribution in [0.15, 0.2) is 35.6 Å². The molecule has 0 aliphatic rings.